The number of esters is 1. The lowest BCUT2D eigenvalue weighted by atomic mass is 10.1. The van der Waals surface area contributed by atoms with Gasteiger partial charge in [-0.1, -0.05) is 61.4 Å². The molecule has 1 N–H and O–H groups in total. The Morgan fingerprint density at radius 3 is 2.40 bits per heavy atom. The standard InChI is InChI=1S/C27H25NO6S/c1-3-7-20-16-25(29)34-24-17-21(12-15-23(20)24)33-27(30)26(19-8-5-4-6-9-19)28-35(31,32)22-13-10-18(2)11-14-22/h4-6,8-17,26,28H,3,7H2,1-2H3. The molecule has 8 heteroatoms. The molecule has 0 bridgehead atoms. The summed E-state index contributed by atoms with van der Waals surface area (Å²) in [4.78, 5) is 25.2. The third kappa shape index (κ3) is 5.67. The van der Waals surface area contributed by atoms with E-state index in [1.54, 1.807) is 54.6 Å². The quantitative estimate of drug-likeness (QED) is 0.218. The van der Waals surface area contributed by atoms with Crippen LogP contribution in [0.4, 0.5) is 0 Å². The summed E-state index contributed by atoms with van der Waals surface area (Å²) in [5, 5.41) is 0.755. The van der Waals surface area contributed by atoms with Crippen LogP contribution in [-0.2, 0) is 21.2 Å². The van der Waals surface area contributed by atoms with Gasteiger partial charge in [0.1, 0.15) is 17.4 Å². The molecule has 4 rings (SSSR count). The Bertz CT molecular complexity index is 1510. The van der Waals surface area contributed by atoms with Crippen molar-refractivity contribution in [3.63, 3.8) is 0 Å². The zero-order valence-electron chi connectivity index (χ0n) is 19.4. The van der Waals surface area contributed by atoms with Gasteiger partial charge in [-0.25, -0.2) is 18.0 Å². The molecule has 1 heterocycles. The maximum Gasteiger partial charge on any atom is 0.336 e. The van der Waals surface area contributed by atoms with E-state index in [1.165, 1.54) is 24.3 Å². The largest absolute Gasteiger partial charge is 0.425 e. The summed E-state index contributed by atoms with van der Waals surface area (Å²) < 4.78 is 39.4. The molecule has 0 saturated heterocycles. The lowest BCUT2D eigenvalue weighted by Crippen LogP contribution is -2.36. The lowest BCUT2D eigenvalue weighted by molar-refractivity contribution is -0.136. The molecule has 0 amide bonds. The van der Waals surface area contributed by atoms with Crippen LogP contribution in [0.1, 0.15) is 36.1 Å². The van der Waals surface area contributed by atoms with Gasteiger partial charge in [0.2, 0.25) is 10.0 Å². The third-order valence-corrected chi connectivity index (χ3v) is 6.95. The highest BCUT2D eigenvalue weighted by Crippen LogP contribution is 2.26. The number of fused-ring (bicyclic) bond motifs is 1. The van der Waals surface area contributed by atoms with Crippen LogP contribution < -0.4 is 15.1 Å². The van der Waals surface area contributed by atoms with E-state index in [4.69, 9.17) is 9.15 Å². The molecule has 0 fully saturated rings. The molecule has 0 spiro atoms. The maximum absolute atomic E-state index is 13.2. The first-order valence-electron chi connectivity index (χ1n) is 11.2. The Labute approximate surface area is 203 Å². The normalized spacial score (nSPS) is 12.4. The van der Waals surface area contributed by atoms with Crippen molar-refractivity contribution < 1.29 is 22.4 Å². The number of hydrogen-bond acceptors (Lipinski definition) is 6. The van der Waals surface area contributed by atoms with Gasteiger partial charge >= 0.3 is 11.6 Å². The van der Waals surface area contributed by atoms with Crippen LogP contribution in [0.15, 0.2) is 93.0 Å². The molecule has 1 unspecified atom stereocenters. The van der Waals surface area contributed by atoms with Crippen molar-refractivity contribution in [1.82, 2.24) is 4.72 Å². The van der Waals surface area contributed by atoms with Crippen LogP contribution in [0.3, 0.4) is 0 Å². The van der Waals surface area contributed by atoms with Crippen LogP contribution in [0.2, 0.25) is 0 Å². The second kappa shape index (κ2) is 10.2. The minimum atomic E-state index is -4.02. The molecule has 1 atom stereocenters. The fraction of sp³-hybridized carbons (Fsp3) is 0.185. The molecule has 7 nitrogen and oxygen atoms in total. The first kappa shape index (κ1) is 24.4. The van der Waals surface area contributed by atoms with E-state index in [0.29, 0.717) is 17.6 Å². The van der Waals surface area contributed by atoms with Crippen molar-refractivity contribution in [2.24, 2.45) is 0 Å². The van der Waals surface area contributed by atoms with Crippen molar-refractivity contribution in [3.8, 4) is 5.75 Å². The van der Waals surface area contributed by atoms with Crippen LogP contribution in [0.25, 0.3) is 11.0 Å². The molecule has 180 valence electrons. The van der Waals surface area contributed by atoms with Crippen molar-refractivity contribution in [2.75, 3.05) is 0 Å². The molecular formula is C27H25NO6S. The van der Waals surface area contributed by atoms with E-state index in [2.05, 4.69) is 4.72 Å². The SMILES string of the molecule is CCCc1cc(=O)oc2cc(OC(=O)C(NS(=O)(=O)c3ccc(C)cc3)c3ccccc3)ccc12. The predicted molar refractivity (Wildman–Crippen MR) is 133 cm³/mol. The van der Waals surface area contributed by atoms with Gasteiger partial charge in [-0.05, 0) is 48.7 Å². The van der Waals surface area contributed by atoms with Crippen molar-refractivity contribution in [2.45, 2.75) is 37.6 Å². The number of benzene rings is 3. The van der Waals surface area contributed by atoms with E-state index in [1.807, 2.05) is 13.8 Å². The van der Waals surface area contributed by atoms with Crippen molar-refractivity contribution in [3.05, 3.63) is 106 Å². The highest BCUT2D eigenvalue weighted by molar-refractivity contribution is 7.89. The van der Waals surface area contributed by atoms with E-state index in [9.17, 15) is 18.0 Å². The van der Waals surface area contributed by atoms with E-state index in [-0.39, 0.29) is 10.6 Å². The number of sulfonamides is 1. The highest BCUT2D eigenvalue weighted by Gasteiger charge is 2.29. The van der Waals surface area contributed by atoms with Gasteiger partial charge in [0.05, 0.1) is 4.90 Å². The number of carbonyl (C=O) groups excluding carboxylic acids is 1. The zero-order chi connectivity index (χ0) is 25.0. The molecule has 0 aliphatic heterocycles. The smallest absolute Gasteiger partial charge is 0.336 e. The van der Waals surface area contributed by atoms with Crippen molar-refractivity contribution >= 4 is 27.0 Å². The summed E-state index contributed by atoms with van der Waals surface area (Å²) in [7, 11) is -4.02. The van der Waals surface area contributed by atoms with Gasteiger partial charge in [-0.3, -0.25) is 0 Å². The fourth-order valence-electron chi connectivity index (χ4n) is 3.76. The average Bonchev–Trinajstić information content (AvgIpc) is 2.83. The number of aryl methyl sites for hydroxylation is 2. The Kier molecular flexibility index (Phi) is 7.14. The van der Waals surface area contributed by atoms with Gasteiger partial charge in [-0.15, -0.1) is 0 Å². The highest BCUT2D eigenvalue weighted by atomic mass is 32.2. The average molecular weight is 492 g/mol. The number of carbonyl (C=O) groups is 1. The Balaban J connectivity index is 1.66. The van der Waals surface area contributed by atoms with Crippen LogP contribution >= 0.6 is 0 Å². The Morgan fingerprint density at radius 1 is 1.00 bits per heavy atom. The number of ether oxygens (including phenoxy) is 1. The summed E-state index contributed by atoms with van der Waals surface area (Å²) >= 11 is 0. The number of hydrogen-bond donors (Lipinski definition) is 1. The van der Waals surface area contributed by atoms with E-state index < -0.39 is 27.7 Å². The summed E-state index contributed by atoms with van der Waals surface area (Å²) in [5.41, 5.74) is 1.99. The minimum Gasteiger partial charge on any atom is -0.425 e. The predicted octanol–water partition coefficient (Wildman–Crippen LogP) is 4.68. The van der Waals surface area contributed by atoms with E-state index in [0.717, 1.165) is 22.9 Å². The van der Waals surface area contributed by atoms with Gasteiger partial charge in [0.25, 0.3) is 0 Å². The topological polar surface area (TPSA) is 103 Å². The molecule has 35 heavy (non-hydrogen) atoms. The van der Waals surface area contributed by atoms with Crippen molar-refractivity contribution in [1.29, 1.82) is 0 Å². The molecule has 0 radical (unpaired) electrons. The van der Waals surface area contributed by atoms with Gasteiger partial charge in [-0.2, -0.15) is 4.72 Å². The molecule has 4 aromatic rings. The molecular weight excluding hydrogens is 466 g/mol. The monoisotopic (exact) mass is 491 g/mol. The third-order valence-electron chi connectivity index (χ3n) is 5.51. The molecule has 0 saturated carbocycles. The minimum absolute atomic E-state index is 0.0350. The Morgan fingerprint density at radius 2 is 1.71 bits per heavy atom. The number of rotatable bonds is 8. The Hall–Kier alpha value is -3.75. The summed E-state index contributed by atoms with van der Waals surface area (Å²) in [6.07, 6.45) is 1.56. The molecule has 0 aliphatic rings. The van der Waals surface area contributed by atoms with Crippen LogP contribution in [-0.4, -0.2) is 14.4 Å². The first-order valence-corrected chi connectivity index (χ1v) is 12.7. The van der Waals surface area contributed by atoms with Gasteiger partial charge in [0.15, 0.2) is 0 Å². The first-order chi connectivity index (χ1) is 16.8. The van der Waals surface area contributed by atoms with Crippen LogP contribution in [0, 0.1) is 6.92 Å². The fourth-order valence-corrected chi connectivity index (χ4v) is 4.94. The summed E-state index contributed by atoms with van der Waals surface area (Å²) in [5.74, 6) is -0.687. The van der Waals surface area contributed by atoms with Gasteiger partial charge in [0, 0.05) is 17.5 Å². The van der Waals surface area contributed by atoms with E-state index >= 15 is 0 Å². The molecule has 0 aliphatic carbocycles. The zero-order valence-corrected chi connectivity index (χ0v) is 20.2. The summed E-state index contributed by atoms with van der Waals surface area (Å²) in [6.45, 7) is 3.86. The maximum atomic E-state index is 13.2. The number of nitrogens with one attached hydrogen (secondary N) is 1. The second-order valence-electron chi connectivity index (χ2n) is 8.20. The second-order valence-corrected chi connectivity index (χ2v) is 9.91. The molecule has 1 aromatic heterocycles. The van der Waals surface area contributed by atoms with Gasteiger partial charge < -0.3 is 9.15 Å². The van der Waals surface area contributed by atoms with Crippen LogP contribution in [0.5, 0.6) is 5.75 Å². The lowest BCUT2D eigenvalue weighted by Gasteiger charge is -2.18. The summed E-state index contributed by atoms with van der Waals surface area (Å²) in [6, 6.07) is 19.7. The molecule has 3 aromatic carbocycles.